The molecule has 1 heterocycles. The average Bonchev–Trinajstić information content (AvgIpc) is 3.14. The van der Waals surface area contributed by atoms with Gasteiger partial charge in [0, 0.05) is 20.8 Å². The van der Waals surface area contributed by atoms with Crippen LogP contribution in [0.3, 0.4) is 0 Å². The summed E-state index contributed by atoms with van der Waals surface area (Å²) in [4.78, 5) is 27.1. The molecule has 1 aliphatic rings. The lowest BCUT2D eigenvalue weighted by atomic mass is 10.1. The Bertz CT molecular complexity index is 1270. The molecule has 0 spiro atoms. The normalized spacial score (nSPS) is 14.2. The van der Waals surface area contributed by atoms with Crippen molar-refractivity contribution in [2.24, 2.45) is 4.99 Å². The van der Waals surface area contributed by atoms with Gasteiger partial charge in [-0.25, -0.2) is 9.79 Å². The fourth-order valence-electron chi connectivity index (χ4n) is 2.94. The Morgan fingerprint density at radius 3 is 2.62 bits per heavy atom. The minimum Gasteiger partial charge on any atom is -0.488 e. The molecule has 0 amide bonds. The molecular formula is C23H14ClIN2O5. The Morgan fingerprint density at radius 2 is 1.88 bits per heavy atom. The van der Waals surface area contributed by atoms with Crippen LogP contribution in [-0.2, 0) is 16.1 Å². The van der Waals surface area contributed by atoms with Gasteiger partial charge in [-0.15, -0.1) is 0 Å². The number of carbonyl (C=O) groups is 1. The first-order valence-electron chi connectivity index (χ1n) is 9.34. The number of esters is 1. The van der Waals surface area contributed by atoms with Gasteiger partial charge in [-0.05, 0) is 64.6 Å². The molecular weight excluding hydrogens is 547 g/mol. The van der Waals surface area contributed by atoms with E-state index in [-0.39, 0.29) is 27.9 Å². The van der Waals surface area contributed by atoms with Gasteiger partial charge in [0.2, 0.25) is 5.90 Å². The van der Waals surface area contributed by atoms with Crippen LogP contribution in [0.4, 0.5) is 5.69 Å². The highest BCUT2D eigenvalue weighted by Gasteiger charge is 2.26. The number of ether oxygens (including phenoxy) is 2. The van der Waals surface area contributed by atoms with Crippen molar-refractivity contribution in [1.29, 1.82) is 0 Å². The number of carbonyl (C=O) groups excluding carboxylic acids is 1. The smallest absolute Gasteiger partial charge is 0.363 e. The van der Waals surface area contributed by atoms with Gasteiger partial charge in [0.25, 0.3) is 5.69 Å². The van der Waals surface area contributed by atoms with Gasteiger partial charge in [0.15, 0.2) is 5.70 Å². The summed E-state index contributed by atoms with van der Waals surface area (Å²) < 4.78 is 12.3. The maximum atomic E-state index is 12.4. The average molecular weight is 561 g/mol. The Balaban J connectivity index is 1.59. The molecule has 7 nitrogen and oxygen atoms in total. The first kappa shape index (κ1) is 22.0. The molecule has 0 saturated carbocycles. The van der Waals surface area contributed by atoms with Crippen LogP contribution in [0.2, 0.25) is 5.02 Å². The monoisotopic (exact) mass is 560 g/mol. The maximum Gasteiger partial charge on any atom is 0.363 e. The summed E-state index contributed by atoms with van der Waals surface area (Å²) in [6, 6.07) is 19.3. The molecule has 1 aliphatic heterocycles. The zero-order chi connectivity index (χ0) is 22.7. The van der Waals surface area contributed by atoms with Crippen molar-refractivity contribution < 1.29 is 19.2 Å². The number of halogens is 2. The fraction of sp³-hybridized carbons (Fsp3) is 0.0435. The molecule has 0 atom stereocenters. The van der Waals surface area contributed by atoms with E-state index in [1.807, 2.05) is 36.4 Å². The third kappa shape index (κ3) is 4.97. The largest absolute Gasteiger partial charge is 0.488 e. The lowest BCUT2D eigenvalue weighted by Crippen LogP contribution is -2.06. The molecule has 0 N–H and O–H groups in total. The lowest BCUT2D eigenvalue weighted by molar-refractivity contribution is -0.384. The molecule has 0 aromatic heterocycles. The molecule has 0 aliphatic carbocycles. The van der Waals surface area contributed by atoms with Gasteiger partial charge in [-0.3, -0.25) is 10.1 Å². The number of aliphatic imine (C=N–C) groups is 1. The van der Waals surface area contributed by atoms with Crippen LogP contribution in [0.25, 0.3) is 6.08 Å². The maximum absolute atomic E-state index is 12.4. The zero-order valence-electron chi connectivity index (χ0n) is 16.3. The minimum atomic E-state index is -0.662. The second kappa shape index (κ2) is 9.49. The summed E-state index contributed by atoms with van der Waals surface area (Å²) in [6.45, 7) is 0.366. The van der Waals surface area contributed by atoms with E-state index < -0.39 is 10.9 Å². The predicted molar refractivity (Wildman–Crippen MR) is 129 cm³/mol. The second-order valence-corrected chi connectivity index (χ2v) is 8.37. The number of nitro benzene ring substituents is 1. The molecule has 160 valence electrons. The van der Waals surface area contributed by atoms with E-state index in [1.165, 1.54) is 18.2 Å². The van der Waals surface area contributed by atoms with Crippen LogP contribution in [0.1, 0.15) is 16.7 Å². The third-order valence-corrected chi connectivity index (χ3v) is 5.57. The van der Waals surface area contributed by atoms with Gasteiger partial charge in [0.05, 0.1) is 4.92 Å². The van der Waals surface area contributed by atoms with Crippen molar-refractivity contribution in [1.82, 2.24) is 0 Å². The topological polar surface area (TPSA) is 91.0 Å². The SMILES string of the molecule is O=C1OC(c2ccc(Cl)c([N+](=O)[O-])c2)=N/C1=C\c1ccccc1OCc1ccc(I)cc1. The Labute approximate surface area is 201 Å². The lowest BCUT2D eigenvalue weighted by Gasteiger charge is -2.09. The molecule has 0 fully saturated rings. The predicted octanol–water partition coefficient (Wildman–Crippen LogP) is 5.78. The van der Waals surface area contributed by atoms with Crippen molar-refractivity contribution in [3.8, 4) is 5.75 Å². The highest BCUT2D eigenvalue weighted by Crippen LogP contribution is 2.29. The molecule has 0 bridgehead atoms. The first-order chi connectivity index (χ1) is 15.4. The van der Waals surface area contributed by atoms with E-state index in [0.29, 0.717) is 17.9 Å². The summed E-state index contributed by atoms with van der Waals surface area (Å²) in [5, 5.41) is 11.1. The molecule has 4 rings (SSSR count). The molecule has 32 heavy (non-hydrogen) atoms. The molecule has 3 aromatic carbocycles. The number of hydrogen-bond donors (Lipinski definition) is 0. The van der Waals surface area contributed by atoms with Gasteiger partial charge in [0.1, 0.15) is 17.4 Å². The minimum absolute atomic E-state index is 0.0151. The van der Waals surface area contributed by atoms with Crippen LogP contribution in [0.15, 0.2) is 77.4 Å². The number of rotatable bonds is 6. The number of para-hydroxylation sites is 1. The van der Waals surface area contributed by atoms with Gasteiger partial charge >= 0.3 is 5.97 Å². The second-order valence-electron chi connectivity index (χ2n) is 6.71. The number of nitrogens with zero attached hydrogens (tertiary/aromatic N) is 2. The number of benzene rings is 3. The highest BCUT2D eigenvalue weighted by atomic mass is 127. The highest BCUT2D eigenvalue weighted by molar-refractivity contribution is 14.1. The number of nitro groups is 1. The van der Waals surface area contributed by atoms with Gasteiger partial charge in [-0.2, -0.15) is 0 Å². The fourth-order valence-corrected chi connectivity index (χ4v) is 3.48. The van der Waals surface area contributed by atoms with Crippen LogP contribution in [0.5, 0.6) is 5.75 Å². The summed E-state index contributed by atoms with van der Waals surface area (Å²) in [5.74, 6) is -0.111. The van der Waals surface area contributed by atoms with Gasteiger partial charge in [-0.1, -0.05) is 41.9 Å². The molecule has 0 radical (unpaired) electrons. The number of hydrogen-bond acceptors (Lipinski definition) is 6. The van der Waals surface area contributed by atoms with E-state index in [9.17, 15) is 14.9 Å². The van der Waals surface area contributed by atoms with Crippen LogP contribution in [0, 0.1) is 13.7 Å². The Hall–Kier alpha value is -3.24. The van der Waals surface area contributed by atoms with Crippen molar-refractivity contribution >= 4 is 57.8 Å². The quantitative estimate of drug-likeness (QED) is 0.125. The van der Waals surface area contributed by atoms with Crippen LogP contribution in [-0.4, -0.2) is 16.8 Å². The van der Waals surface area contributed by atoms with Crippen LogP contribution < -0.4 is 4.74 Å². The summed E-state index contributed by atoms with van der Waals surface area (Å²) in [6.07, 6.45) is 1.56. The van der Waals surface area contributed by atoms with E-state index in [4.69, 9.17) is 21.1 Å². The summed E-state index contributed by atoms with van der Waals surface area (Å²) in [5.41, 5.74) is 1.70. The number of cyclic esters (lactones) is 1. The summed E-state index contributed by atoms with van der Waals surface area (Å²) >= 11 is 8.09. The van der Waals surface area contributed by atoms with Crippen molar-refractivity contribution in [2.45, 2.75) is 6.61 Å². The van der Waals surface area contributed by atoms with E-state index in [2.05, 4.69) is 27.6 Å². The van der Waals surface area contributed by atoms with E-state index in [0.717, 1.165) is 9.13 Å². The van der Waals surface area contributed by atoms with Crippen molar-refractivity contribution in [3.63, 3.8) is 0 Å². The van der Waals surface area contributed by atoms with Crippen molar-refractivity contribution in [3.05, 3.63) is 108 Å². The zero-order valence-corrected chi connectivity index (χ0v) is 19.2. The van der Waals surface area contributed by atoms with Crippen molar-refractivity contribution in [2.75, 3.05) is 0 Å². The molecule has 9 heteroatoms. The van der Waals surface area contributed by atoms with Crippen LogP contribution >= 0.6 is 34.2 Å². The first-order valence-corrected chi connectivity index (χ1v) is 10.8. The summed E-state index contributed by atoms with van der Waals surface area (Å²) in [7, 11) is 0. The van der Waals surface area contributed by atoms with E-state index in [1.54, 1.807) is 18.2 Å². The molecule has 0 saturated heterocycles. The Kier molecular flexibility index (Phi) is 6.52. The van der Waals surface area contributed by atoms with E-state index >= 15 is 0 Å². The molecule has 3 aromatic rings. The third-order valence-electron chi connectivity index (χ3n) is 4.53. The van der Waals surface area contributed by atoms with Gasteiger partial charge < -0.3 is 9.47 Å². The Morgan fingerprint density at radius 1 is 1.12 bits per heavy atom. The molecule has 0 unspecified atom stereocenters. The standard InChI is InChI=1S/C23H14ClIN2O5/c24-18-10-7-16(12-20(18)27(29)30)22-26-19(23(28)32-22)11-15-3-1-2-4-21(15)31-13-14-5-8-17(25)9-6-14/h1-12H,13H2/b19-11-.